The molecule has 0 aromatic carbocycles. The molecule has 0 N–H and O–H groups in total. The average molecular weight is 248 g/mol. The molecule has 0 unspecified atom stereocenters. The van der Waals surface area contributed by atoms with Crippen molar-refractivity contribution in [2.24, 2.45) is 0 Å². The SMILES string of the molecule is COP(=O)(OC)OCC(=O)C1=CCCCC1. The summed E-state index contributed by atoms with van der Waals surface area (Å²) >= 11 is 0. The second kappa shape index (κ2) is 6.30. The van der Waals surface area contributed by atoms with Crippen LogP contribution in [-0.4, -0.2) is 26.6 Å². The average Bonchev–Trinajstić information content (AvgIpc) is 2.36. The van der Waals surface area contributed by atoms with Crippen LogP contribution in [0.5, 0.6) is 0 Å². The summed E-state index contributed by atoms with van der Waals surface area (Å²) in [5.41, 5.74) is 0.755. The van der Waals surface area contributed by atoms with Gasteiger partial charge in [-0.25, -0.2) is 4.57 Å². The van der Waals surface area contributed by atoms with Gasteiger partial charge in [-0.1, -0.05) is 6.08 Å². The molecule has 5 nitrogen and oxygen atoms in total. The largest absolute Gasteiger partial charge is 0.474 e. The number of phosphoric ester groups is 1. The van der Waals surface area contributed by atoms with Crippen LogP contribution in [0.3, 0.4) is 0 Å². The quantitative estimate of drug-likeness (QED) is 0.676. The van der Waals surface area contributed by atoms with Crippen LogP contribution in [0.15, 0.2) is 11.6 Å². The van der Waals surface area contributed by atoms with Crippen LogP contribution in [0.1, 0.15) is 25.7 Å². The molecule has 1 aliphatic carbocycles. The molecule has 0 aromatic rings. The zero-order chi connectivity index (χ0) is 12.0. The Morgan fingerprint density at radius 3 is 2.56 bits per heavy atom. The molecular weight excluding hydrogens is 231 g/mol. The fourth-order valence-corrected chi connectivity index (χ4v) is 2.14. The summed E-state index contributed by atoms with van der Waals surface area (Å²) in [6.45, 7) is -0.259. The van der Waals surface area contributed by atoms with Crippen LogP contribution < -0.4 is 0 Å². The Kier molecular flexibility index (Phi) is 5.35. The van der Waals surface area contributed by atoms with E-state index >= 15 is 0 Å². The minimum atomic E-state index is -3.53. The van der Waals surface area contributed by atoms with Crippen molar-refractivity contribution in [3.8, 4) is 0 Å². The normalized spacial score (nSPS) is 17.0. The van der Waals surface area contributed by atoms with Crippen molar-refractivity contribution in [1.29, 1.82) is 0 Å². The fourth-order valence-electron chi connectivity index (χ4n) is 1.50. The molecule has 16 heavy (non-hydrogen) atoms. The third-order valence-corrected chi connectivity index (χ3v) is 3.79. The van der Waals surface area contributed by atoms with E-state index in [2.05, 4.69) is 9.05 Å². The van der Waals surface area contributed by atoms with E-state index in [1.165, 1.54) is 14.2 Å². The third-order valence-electron chi connectivity index (χ3n) is 2.45. The highest BCUT2D eigenvalue weighted by Crippen LogP contribution is 2.47. The summed E-state index contributed by atoms with van der Waals surface area (Å²) in [6, 6.07) is 0. The van der Waals surface area contributed by atoms with E-state index in [9.17, 15) is 9.36 Å². The van der Waals surface area contributed by atoms with Crippen LogP contribution in [0.4, 0.5) is 0 Å². The predicted octanol–water partition coefficient (Wildman–Crippen LogP) is 2.47. The maximum atomic E-state index is 11.7. The van der Waals surface area contributed by atoms with Gasteiger partial charge in [-0.3, -0.25) is 18.4 Å². The highest BCUT2D eigenvalue weighted by Gasteiger charge is 2.25. The van der Waals surface area contributed by atoms with Gasteiger partial charge >= 0.3 is 7.82 Å². The lowest BCUT2D eigenvalue weighted by Gasteiger charge is -2.15. The van der Waals surface area contributed by atoms with Gasteiger partial charge in [0.2, 0.25) is 0 Å². The van der Waals surface area contributed by atoms with Crippen molar-refractivity contribution in [2.75, 3.05) is 20.8 Å². The van der Waals surface area contributed by atoms with Crippen LogP contribution in [0.25, 0.3) is 0 Å². The van der Waals surface area contributed by atoms with E-state index in [0.717, 1.165) is 31.3 Å². The lowest BCUT2D eigenvalue weighted by atomic mass is 9.97. The Balaban J connectivity index is 2.46. The topological polar surface area (TPSA) is 61.8 Å². The summed E-state index contributed by atoms with van der Waals surface area (Å²) in [5.74, 6) is -0.144. The van der Waals surface area contributed by atoms with Gasteiger partial charge in [0.1, 0.15) is 6.61 Å². The Morgan fingerprint density at radius 2 is 2.06 bits per heavy atom. The molecular formula is C10H17O5P. The smallest absolute Gasteiger partial charge is 0.292 e. The number of hydrogen-bond acceptors (Lipinski definition) is 5. The van der Waals surface area contributed by atoms with Crippen molar-refractivity contribution < 1.29 is 22.9 Å². The first-order valence-electron chi connectivity index (χ1n) is 5.19. The number of ketones is 1. The first-order valence-corrected chi connectivity index (χ1v) is 6.65. The van der Waals surface area contributed by atoms with Crippen molar-refractivity contribution in [1.82, 2.24) is 0 Å². The van der Waals surface area contributed by atoms with Crippen molar-refractivity contribution in [3.05, 3.63) is 11.6 Å². The summed E-state index contributed by atoms with van der Waals surface area (Å²) < 4.78 is 25.5. The van der Waals surface area contributed by atoms with Gasteiger partial charge < -0.3 is 0 Å². The highest BCUT2D eigenvalue weighted by molar-refractivity contribution is 7.48. The van der Waals surface area contributed by atoms with E-state index in [-0.39, 0.29) is 12.4 Å². The van der Waals surface area contributed by atoms with E-state index in [0.29, 0.717) is 0 Å². The number of hydrogen-bond donors (Lipinski definition) is 0. The zero-order valence-corrected chi connectivity index (χ0v) is 10.5. The lowest BCUT2D eigenvalue weighted by Crippen LogP contribution is -2.13. The minimum Gasteiger partial charge on any atom is -0.292 e. The van der Waals surface area contributed by atoms with Gasteiger partial charge in [-0.2, -0.15) is 0 Å². The van der Waals surface area contributed by atoms with Gasteiger partial charge in [-0.05, 0) is 31.3 Å². The number of Topliss-reactive ketones (excluding diaryl/α,β-unsaturated/α-hetero) is 1. The Labute approximate surface area is 95.4 Å². The molecule has 0 atom stereocenters. The molecule has 0 saturated heterocycles. The second-order valence-corrected chi connectivity index (χ2v) is 5.37. The van der Waals surface area contributed by atoms with Gasteiger partial charge in [0.25, 0.3) is 0 Å². The fraction of sp³-hybridized carbons (Fsp3) is 0.700. The Morgan fingerprint density at radius 1 is 1.38 bits per heavy atom. The van der Waals surface area contributed by atoms with Crippen molar-refractivity contribution >= 4 is 13.6 Å². The molecule has 0 spiro atoms. The Hall–Kier alpha value is -0.480. The van der Waals surface area contributed by atoms with Crippen molar-refractivity contribution in [2.45, 2.75) is 25.7 Å². The standard InChI is InChI=1S/C10H17O5P/c1-13-16(12,14-2)15-8-10(11)9-6-4-3-5-7-9/h6H,3-5,7-8H2,1-2H3. The first-order chi connectivity index (χ1) is 7.61. The second-order valence-electron chi connectivity index (χ2n) is 3.48. The number of phosphoric acid groups is 1. The maximum absolute atomic E-state index is 11.7. The van der Waals surface area contributed by atoms with E-state index in [1.54, 1.807) is 0 Å². The van der Waals surface area contributed by atoms with Crippen molar-refractivity contribution in [3.63, 3.8) is 0 Å². The number of rotatable bonds is 6. The van der Waals surface area contributed by atoms with E-state index in [4.69, 9.17) is 4.52 Å². The summed E-state index contributed by atoms with van der Waals surface area (Å²) in [4.78, 5) is 11.7. The van der Waals surface area contributed by atoms with Gasteiger partial charge in [-0.15, -0.1) is 0 Å². The van der Waals surface area contributed by atoms with E-state index < -0.39 is 7.82 Å². The molecule has 92 valence electrons. The van der Waals surface area contributed by atoms with Crippen LogP contribution >= 0.6 is 7.82 Å². The summed E-state index contributed by atoms with van der Waals surface area (Å²) in [6.07, 6.45) is 5.75. The molecule has 0 heterocycles. The van der Waals surface area contributed by atoms with Gasteiger partial charge in [0.05, 0.1) is 0 Å². The molecule has 0 aromatic heterocycles. The predicted molar refractivity (Wildman–Crippen MR) is 59.1 cm³/mol. The molecule has 1 aliphatic rings. The lowest BCUT2D eigenvalue weighted by molar-refractivity contribution is -0.118. The van der Waals surface area contributed by atoms with Crippen LogP contribution in [0.2, 0.25) is 0 Å². The van der Waals surface area contributed by atoms with Gasteiger partial charge in [0.15, 0.2) is 5.78 Å². The molecule has 1 rings (SSSR count). The molecule has 0 saturated carbocycles. The van der Waals surface area contributed by atoms with Crippen LogP contribution in [-0.2, 0) is 22.9 Å². The highest BCUT2D eigenvalue weighted by atomic mass is 31.2. The number of allylic oxidation sites excluding steroid dienone is 1. The maximum Gasteiger partial charge on any atom is 0.474 e. The number of carbonyl (C=O) groups excluding carboxylic acids is 1. The number of carbonyl (C=O) groups is 1. The molecule has 0 aliphatic heterocycles. The molecule has 0 fully saturated rings. The van der Waals surface area contributed by atoms with Crippen LogP contribution in [0, 0.1) is 0 Å². The summed E-state index contributed by atoms with van der Waals surface area (Å²) in [7, 11) is -1.10. The molecule has 0 bridgehead atoms. The zero-order valence-electron chi connectivity index (χ0n) is 9.60. The third kappa shape index (κ3) is 3.83. The first kappa shape index (κ1) is 13.6. The molecule has 0 amide bonds. The minimum absolute atomic E-state index is 0.144. The Bertz CT molecular complexity index is 315. The molecule has 0 radical (unpaired) electrons. The van der Waals surface area contributed by atoms with E-state index in [1.807, 2.05) is 6.08 Å². The molecule has 6 heteroatoms. The van der Waals surface area contributed by atoms with Gasteiger partial charge in [0, 0.05) is 14.2 Å². The monoisotopic (exact) mass is 248 g/mol. The summed E-state index contributed by atoms with van der Waals surface area (Å²) in [5, 5.41) is 0.